The highest BCUT2D eigenvalue weighted by molar-refractivity contribution is 5.43. The van der Waals surface area contributed by atoms with Gasteiger partial charge in [-0.05, 0) is 6.92 Å². The lowest BCUT2D eigenvalue weighted by atomic mass is 9.93. The summed E-state index contributed by atoms with van der Waals surface area (Å²) in [7, 11) is 0. The maximum absolute atomic E-state index is 5.64. The summed E-state index contributed by atoms with van der Waals surface area (Å²) in [4.78, 5) is 0. The zero-order valence-corrected chi connectivity index (χ0v) is 7.56. The second-order valence-corrected chi connectivity index (χ2v) is 3.87. The van der Waals surface area contributed by atoms with E-state index in [0.717, 1.165) is 17.2 Å². The SMILES string of the molecule is Cc1oc(C(C)(C)C)cc1N. The Bertz CT molecular complexity index is 236. The molecule has 0 unspecified atom stereocenters. The van der Waals surface area contributed by atoms with Crippen molar-refractivity contribution in [3.8, 4) is 0 Å². The lowest BCUT2D eigenvalue weighted by Crippen LogP contribution is -2.09. The molecule has 2 heteroatoms. The first-order valence-electron chi connectivity index (χ1n) is 3.77. The van der Waals surface area contributed by atoms with E-state index in [1.807, 2.05) is 13.0 Å². The van der Waals surface area contributed by atoms with Crippen molar-refractivity contribution in [3.63, 3.8) is 0 Å². The highest BCUT2D eigenvalue weighted by Crippen LogP contribution is 2.27. The van der Waals surface area contributed by atoms with E-state index in [1.165, 1.54) is 0 Å². The first-order chi connectivity index (χ1) is 4.91. The fourth-order valence-corrected chi connectivity index (χ4v) is 0.866. The molecule has 0 aromatic carbocycles. The van der Waals surface area contributed by atoms with Gasteiger partial charge in [0.1, 0.15) is 11.5 Å². The highest BCUT2D eigenvalue weighted by atomic mass is 16.3. The van der Waals surface area contributed by atoms with E-state index in [4.69, 9.17) is 10.2 Å². The van der Waals surface area contributed by atoms with Crippen molar-refractivity contribution in [1.29, 1.82) is 0 Å². The molecule has 2 nitrogen and oxygen atoms in total. The van der Waals surface area contributed by atoms with E-state index in [1.54, 1.807) is 0 Å². The minimum absolute atomic E-state index is 0.0579. The molecule has 0 amide bonds. The molecule has 11 heavy (non-hydrogen) atoms. The van der Waals surface area contributed by atoms with Gasteiger partial charge < -0.3 is 10.2 Å². The van der Waals surface area contributed by atoms with Gasteiger partial charge in [-0.25, -0.2) is 0 Å². The van der Waals surface area contributed by atoms with Crippen molar-refractivity contribution >= 4 is 5.69 Å². The lowest BCUT2D eigenvalue weighted by Gasteiger charge is -2.13. The van der Waals surface area contributed by atoms with Gasteiger partial charge in [0.2, 0.25) is 0 Å². The fourth-order valence-electron chi connectivity index (χ4n) is 0.866. The minimum Gasteiger partial charge on any atom is -0.464 e. The topological polar surface area (TPSA) is 39.2 Å². The number of nitrogen functional groups attached to an aromatic ring is 1. The summed E-state index contributed by atoms with van der Waals surface area (Å²) in [5.74, 6) is 1.77. The molecular weight excluding hydrogens is 138 g/mol. The summed E-state index contributed by atoms with van der Waals surface area (Å²) in [6, 6.07) is 1.90. The Morgan fingerprint density at radius 2 is 1.91 bits per heavy atom. The van der Waals surface area contributed by atoms with Crippen molar-refractivity contribution in [2.45, 2.75) is 33.1 Å². The molecule has 1 heterocycles. The first-order valence-corrected chi connectivity index (χ1v) is 3.77. The number of hydrogen-bond donors (Lipinski definition) is 1. The quantitative estimate of drug-likeness (QED) is 0.621. The van der Waals surface area contributed by atoms with E-state index in [-0.39, 0.29) is 5.41 Å². The normalized spacial score (nSPS) is 12.0. The Morgan fingerprint density at radius 1 is 1.36 bits per heavy atom. The van der Waals surface area contributed by atoms with E-state index in [0.29, 0.717) is 0 Å². The van der Waals surface area contributed by atoms with Crippen LogP contribution in [0, 0.1) is 6.92 Å². The monoisotopic (exact) mass is 153 g/mol. The molecule has 0 aliphatic rings. The molecular formula is C9H15NO. The fraction of sp³-hybridized carbons (Fsp3) is 0.556. The van der Waals surface area contributed by atoms with Crippen LogP contribution in [-0.2, 0) is 5.41 Å². The van der Waals surface area contributed by atoms with Crippen LogP contribution in [0.15, 0.2) is 10.5 Å². The third kappa shape index (κ3) is 1.56. The van der Waals surface area contributed by atoms with E-state index < -0.39 is 0 Å². The zero-order valence-electron chi connectivity index (χ0n) is 7.56. The molecule has 1 aromatic rings. The second-order valence-electron chi connectivity index (χ2n) is 3.87. The summed E-state index contributed by atoms with van der Waals surface area (Å²) >= 11 is 0. The lowest BCUT2D eigenvalue weighted by molar-refractivity contribution is 0.396. The van der Waals surface area contributed by atoms with Gasteiger partial charge in [-0.3, -0.25) is 0 Å². The molecule has 0 radical (unpaired) electrons. The average Bonchev–Trinajstić information content (AvgIpc) is 2.11. The molecule has 0 saturated carbocycles. The number of rotatable bonds is 0. The first kappa shape index (κ1) is 8.18. The largest absolute Gasteiger partial charge is 0.464 e. The predicted octanol–water partition coefficient (Wildman–Crippen LogP) is 2.47. The molecule has 0 atom stereocenters. The molecule has 0 fully saturated rings. The molecule has 62 valence electrons. The van der Waals surface area contributed by atoms with Crippen LogP contribution in [-0.4, -0.2) is 0 Å². The second kappa shape index (κ2) is 2.29. The van der Waals surface area contributed by atoms with Gasteiger partial charge in [-0.2, -0.15) is 0 Å². The summed E-state index contributed by atoms with van der Waals surface area (Å²) in [6.45, 7) is 8.19. The number of anilines is 1. The Labute approximate surface area is 67.4 Å². The van der Waals surface area contributed by atoms with Gasteiger partial charge >= 0.3 is 0 Å². The van der Waals surface area contributed by atoms with Crippen LogP contribution in [0.3, 0.4) is 0 Å². The number of aryl methyl sites for hydroxylation is 1. The van der Waals surface area contributed by atoms with Gasteiger partial charge in [0.05, 0.1) is 5.69 Å². The van der Waals surface area contributed by atoms with Crippen molar-refractivity contribution in [2.75, 3.05) is 5.73 Å². The Balaban J connectivity index is 3.08. The van der Waals surface area contributed by atoms with Crippen LogP contribution in [0.25, 0.3) is 0 Å². The van der Waals surface area contributed by atoms with Crippen LogP contribution < -0.4 is 5.73 Å². The Kier molecular flexibility index (Phi) is 1.70. The maximum Gasteiger partial charge on any atom is 0.123 e. The van der Waals surface area contributed by atoms with Gasteiger partial charge in [0, 0.05) is 11.5 Å². The number of furan rings is 1. The van der Waals surface area contributed by atoms with Gasteiger partial charge in [0.15, 0.2) is 0 Å². The third-order valence-electron chi connectivity index (χ3n) is 1.70. The van der Waals surface area contributed by atoms with Crippen LogP contribution >= 0.6 is 0 Å². The van der Waals surface area contributed by atoms with Crippen LogP contribution in [0.5, 0.6) is 0 Å². The molecule has 0 saturated heterocycles. The standard InChI is InChI=1S/C9H15NO/c1-6-7(10)5-8(11-6)9(2,3)4/h5H,10H2,1-4H3. The summed E-state index contributed by atoms with van der Waals surface area (Å²) in [5.41, 5.74) is 6.45. The summed E-state index contributed by atoms with van der Waals surface area (Å²) in [5, 5.41) is 0. The number of nitrogens with two attached hydrogens (primary N) is 1. The molecule has 0 bridgehead atoms. The molecule has 0 spiro atoms. The smallest absolute Gasteiger partial charge is 0.123 e. The summed E-state index contributed by atoms with van der Waals surface area (Å²) < 4.78 is 5.45. The van der Waals surface area contributed by atoms with E-state index >= 15 is 0 Å². The maximum atomic E-state index is 5.64. The highest BCUT2D eigenvalue weighted by Gasteiger charge is 2.18. The third-order valence-corrected chi connectivity index (χ3v) is 1.70. The molecule has 0 aliphatic heterocycles. The average molecular weight is 153 g/mol. The predicted molar refractivity (Wildman–Crippen MR) is 46.6 cm³/mol. The summed E-state index contributed by atoms with van der Waals surface area (Å²) in [6.07, 6.45) is 0. The van der Waals surface area contributed by atoms with Crippen LogP contribution in [0.2, 0.25) is 0 Å². The minimum atomic E-state index is 0.0579. The van der Waals surface area contributed by atoms with Gasteiger partial charge in [-0.1, -0.05) is 20.8 Å². The Morgan fingerprint density at radius 3 is 2.09 bits per heavy atom. The zero-order chi connectivity index (χ0) is 8.65. The van der Waals surface area contributed by atoms with E-state index in [2.05, 4.69) is 20.8 Å². The van der Waals surface area contributed by atoms with Crippen LogP contribution in [0.1, 0.15) is 32.3 Å². The molecule has 1 aromatic heterocycles. The van der Waals surface area contributed by atoms with Crippen molar-refractivity contribution < 1.29 is 4.42 Å². The Hall–Kier alpha value is -0.920. The van der Waals surface area contributed by atoms with Gasteiger partial charge in [-0.15, -0.1) is 0 Å². The van der Waals surface area contributed by atoms with Crippen molar-refractivity contribution in [2.24, 2.45) is 0 Å². The van der Waals surface area contributed by atoms with Crippen molar-refractivity contribution in [1.82, 2.24) is 0 Å². The molecule has 0 aliphatic carbocycles. The van der Waals surface area contributed by atoms with Crippen LogP contribution in [0.4, 0.5) is 5.69 Å². The number of hydrogen-bond acceptors (Lipinski definition) is 2. The van der Waals surface area contributed by atoms with Gasteiger partial charge in [0.25, 0.3) is 0 Å². The molecule has 1 rings (SSSR count). The van der Waals surface area contributed by atoms with Crippen molar-refractivity contribution in [3.05, 3.63) is 17.6 Å². The molecule has 2 N–H and O–H groups in total. The van der Waals surface area contributed by atoms with E-state index in [9.17, 15) is 0 Å².